The standard InChI is InChI=1S/C22H24ClN5O4/c1-12(28(21(31)32)22(2,3)4)18-26-16-10-6-9-15(23)17(16)19(29)27(18)14-8-5-7-13(11-14)25-20(24)30/h5-12H,1-4H3,(H,31,32)(H3,24,25,30)/t12-/m0/s1. The third-order valence-corrected chi connectivity index (χ3v) is 5.25. The Kier molecular flexibility index (Phi) is 6.13. The van der Waals surface area contributed by atoms with Crippen molar-refractivity contribution >= 4 is 40.3 Å². The second-order valence-corrected chi connectivity index (χ2v) is 8.69. The highest BCUT2D eigenvalue weighted by Gasteiger charge is 2.34. The first-order valence-corrected chi connectivity index (χ1v) is 10.2. The van der Waals surface area contributed by atoms with E-state index in [-0.39, 0.29) is 16.2 Å². The summed E-state index contributed by atoms with van der Waals surface area (Å²) in [6.07, 6.45) is -1.15. The van der Waals surface area contributed by atoms with Crippen molar-refractivity contribution in [1.29, 1.82) is 0 Å². The summed E-state index contributed by atoms with van der Waals surface area (Å²) in [7, 11) is 0. The smallest absolute Gasteiger partial charge is 0.408 e. The molecule has 3 rings (SSSR count). The van der Waals surface area contributed by atoms with Gasteiger partial charge in [0.05, 0.1) is 27.7 Å². The van der Waals surface area contributed by atoms with E-state index in [1.165, 1.54) is 9.47 Å². The van der Waals surface area contributed by atoms with Gasteiger partial charge < -0.3 is 16.2 Å². The summed E-state index contributed by atoms with van der Waals surface area (Å²) in [6, 6.07) is 9.81. The minimum absolute atomic E-state index is 0.205. The van der Waals surface area contributed by atoms with Crippen molar-refractivity contribution in [2.75, 3.05) is 5.32 Å². The van der Waals surface area contributed by atoms with Crippen LogP contribution in [0.25, 0.3) is 16.6 Å². The van der Waals surface area contributed by atoms with Gasteiger partial charge in [0, 0.05) is 11.2 Å². The topological polar surface area (TPSA) is 131 Å². The Morgan fingerprint density at radius 2 is 1.88 bits per heavy atom. The predicted molar refractivity (Wildman–Crippen MR) is 124 cm³/mol. The number of rotatable bonds is 4. The molecule has 2 aromatic carbocycles. The predicted octanol–water partition coefficient (Wildman–Crippen LogP) is 4.37. The third-order valence-electron chi connectivity index (χ3n) is 4.93. The van der Waals surface area contributed by atoms with Gasteiger partial charge in [0.25, 0.3) is 5.56 Å². The van der Waals surface area contributed by atoms with Crippen LogP contribution in [0.5, 0.6) is 0 Å². The van der Waals surface area contributed by atoms with E-state index in [1.54, 1.807) is 70.2 Å². The van der Waals surface area contributed by atoms with Gasteiger partial charge in [-0.2, -0.15) is 0 Å². The summed E-state index contributed by atoms with van der Waals surface area (Å²) >= 11 is 6.31. The molecule has 1 aromatic heterocycles. The van der Waals surface area contributed by atoms with Crippen molar-refractivity contribution in [3.05, 3.63) is 63.7 Å². The number of aromatic nitrogens is 2. The molecular formula is C22H24ClN5O4. The van der Waals surface area contributed by atoms with Gasteiger partial charge in [-0.15, -0.1) is 0 Å². The minimum Gasteiger partial charge on any atom is -0.465 e. The van der Waals surface area contributed by atoms with Crippen molar-refractivity contribution in [3.8, 4) is 5.69 Å². The Hall–Kier alpha value is -3.59. The van der Waals surface area contributed by atoms with E-state index in [4.69, 9.17) is 17.3 Å². The summed E-state index contributed by atoms with van der Waals surface area (Å²) < 4.78 is 1.31. The van der Waals surface area contributed by atoms with Crippen LogP contribution in [0.3, 0.4) is 0 Å². The Morgan fingerprint density at radius 3 is 2.47 bits per heavy atom. The molecule has 0 aliphatic rings. The number of anilines is 1. The van der Waals surface area contributed by atoms with Gasteiger partial charge in [0.1, 0.15) is 5.82 Å². The molecule has 0 unspecified atom stereocenters. The Balaban J connectivity index is 2.37. The maximum atomic E-state index is 13.6. The van der Waals surface area contributed by atoms with Gasteiger partial charge in [0.2, 0.25) is 0 Å². The number of fused-ring (bicyclic) bond motifs is 1. The number of benzene rings is 2. The molecule has 0 aliphatic carbocycles. The number of hydrogen-bond donors (Lipinski definition) is 3. The van der Waals surface area contributed by atoms with E-state index >= 15 is 0 Å². The van der Waals surface area contributed by atoms with Gasteiger partial charge in [-0.1, -0.05) is 23.7 Å². The Morgan fingerprint density at radius 1 is 1.22 bits per heavy atom. The first-order chi connectivity index (χ1) is 14.9. The van der Waals surface area contributed by atoms with Crippen LogP contribution in [0.15, 0.2) is 47.3 Å². The number of carbonyl (C=O) groups is 2. The average Bonchev–Trinajstić information content (AvgIpc) is 2.65. The fourth-order valence-corrected chi connectivity index (χ4v) is 4.00. The number of nitrogens with two attached hydrogens (primary N) is 1. The second-order valence-electron chi connectivity index (χ2n) is 8.28. The molecule has 9 nitrogen and oxygen atoms in total. The third kappa shape index (κ3) is 4.38. The van der Waals surface area contributed by atoms with Crippen LogP contribution in [0.1, 0.15) is 39.6 Å². The number of primary amides is 1. The normalized spacial score (nSPS) is 12.4. The van der Waals surface area contributed by atoms with Crippen LogP contribution in [0, 0.1) is 0 Å². The number of nitrogens with zero attached hydrogens (tertiary/aromatic N) is 3. The molecule has 32 heavy (non-hydrogen) atoms. The number of carboxylic acid groups (broad SMARTS) is 1. The first-order valence-electron chi connectivity index (χ1n) is 9.82. The largest absolute Gasteiger partial charge is 0.465 e. The summed E-state index contributed by atoms with van der Waals surface area (Å²) in [5, 5.41) is 12.8. The molecule has 0 saturated heterocycles. The van der Waals surface area contributed by atoms with Gasteiger partial charge >= 0.3 is 12.1 Å². The number of carbonyl (C=O) groups excluding carboxylic acids is 1. The van der Waals surface area contributed by atoms with Crippen molar-refractivity contribution in [1.82, 2.24) is 14.5 Å². The van der Waals surface area contributed by atoms with E-state index in [1.807, 2.05) is 0 Å². The summed E-state index contributed by atoms with van der Waals surface area (Å²) in [4.78, 5) is 42.9. The highest BCUT2D eigenvalue weighted by molar-refractivity contribution is 6.35. The van der Waals surface area contributed by atoms with Crippen molar-refractivity contribution in [2.24, 2.45) is 5.73 Å². The van der Waals surface area contributed by atoms with Gasteiger partial charge in [0.15, 0.2) is 0 Å². The molecule has 3 aromatic rings. The maximum absolute atomic E-state index is 13.6. The Bertz CT molecular complexity index is 1270. The zero-order valence-corrected chi connectivity index (χ0v) is 18.8. The highest BCUT2D eigenvalue weighted by atomic mass is 35.5. The molecule has 0 saturated carbocycles. The highest BCUT2D eigenvalue weighted by Crippen LogP contribution is 2.30. The lowest BCUT2D eigenvalue weighted by atomic mass is 10.0. The molecule has 168 valence electrons. The fraction of sp³-hybridized carbons (Fsp3) is 0.273. The molecular weight excluding hydrogens is 434 g/mol. The number of nitrogens with one attached hydrogen (secondary N) is 1. The summed E-state index contributed by atoms with van der Waals surface area (Å²) in [5.41, 5.74) is 5.08. The summed E-state index contributed by atoms with van der Waals surface area (Å²) in [5.74, 6) is 0.207. The van der Waals surface area contributed by atoms with E-state index in [2.05, 4.69) is 10.3 Å². The number of urea groups is 1. The quantitative estimate of drug-likeness (QED) is 0.535. The number of halogens is 1. The zero-order valence-electron chi connectivity index (χ0n) is 18.1. The van der Waals surface area contributed by atoms with Gasteiger partial charge in [-0.05, 0) is 58.0 Å². The molecule has 0 fully saturated rings. The van der Waals surface area contributed by atoms with Crippen LogP contribution in [-0.2, 0) is 0 Å². The summed E-state index contributed by atoms with van der Waals surface area (Å²) in [6.45, 7) is 6.94. The maximum Gasteiger partial charge on any atom is 0.408 e. The van der Waals surface area contributed by atoms with E-state index in [0.717, 1.165) is 0 Å². The van der Waals surface area contributed by atoms with Crippen LogP contribution < -0.4 is 16.6 Å². The number of amides is 3. The molecule has 0 spiro atoms. The average molecular weight is 458 g/mol. The lowest BCUT2D eigenvalue weighted by Crippen LogP contribution is -2.47. The molecule has 1 atom stereocenters. The van der Waals surface area contributed by atoms with Crippen LogP contribution >= 0.6 is 11.6 Å². The molecule has 0 radical (unpaired) electrons. The molecule has 0 aliphatic heterocycles. The molecule has 4 N–H and O–H groups in total. The molecule has 1 heterocycles. The van der Waals surface area contributed by atoms with E-state index < -0.39 is 29.3 Å². The molecule has 10 heteroatoms. The monoisotopic (exact) mass is 457 g/mol. The van der Waals surface area contributed by atoms with Crippen molar-refractivity contribution in [3.63, 3.8) is 0 Å². The Labute approximate surface area is 189 Å². The lowest BCUT2D eigenvalue weighted by Gasteiger charge is -2.38. The SMILES string of the molecule is C[C@@H](c1nc2cccc(Cl)c2c(=O)n1-c1cccc(NC(N)=O)c1)N(C(=O)O)C(C)(C)C. The minimum atomic E-state index is -1.15. The van der Waals surface area contributed by atoms with E-state index in [9.17, 15) is 19.5 Å². The fourth-order valence-electron chi connectivity index (χ4n) is 3.75. The van der Waals surface area contributed by atoms with E-state index in [0.29, 0.717) is 16.9 Å². The number of hydrogen-bond acceptors (Lipinski definition) is 4. The zero-order chi connectivity index (χ0) is 23.8. The second kappa shape index (κ2) is 8.51. The van der Waals surface area contributed by atoms with Gasteiger partial charge in [-0.25, -0.2) is 14.6 Å². The van der Waals surface area contributed by atoms with Crippen molar-refractivity contribution in [2.45, 2.75) is 39.3 Å². The van der Waals surface area contributed by atoms with Crippen molar-refractivity contribution < 1.29 is 14.7 Å². The molecule has 3 amide bonds. The van der Waals surface area contributed by atoms with Gasteiger partial charge in [-0.3, -0.25) is 14.3 Å². The van der Waals surface area contributed by atoms with Crippen LogP contribution in [0.2, 0.25) is 5.02 Å². The molecule has 0 bridgehead atoms. The van der Waals surface area contributed by atoms with Crippen LogP contribution in [-0.4, -0.2) is 37.2 Å². The van der Waals surface area contributed by atoms with Crippen LogP contribution in [0.4, 0.5) is 15.3 Å². The lowest BCUT2D eigenvalue weighted by molar-refractivity contribution is 0.0719. The first kappa shape index (κ1) is 23.1.